The molecule has 2 rings (SSSR count). The van der Waals surface area contributed by atoms with Gasteiger partial charge >= 0.3 is 0 Å². The SMILES string of the molecule is CCNc1ncnc(NCCc2cnn(C)c2)c1C. The molecule has 2 heterocycles. The maximum absolute atomic E-state index is 4.27. The highest BCUT2D eigenvalue weighted by atomic mass is 15.2. The normalized spacial score (nSPS) is 10.5. The molecule has 0 unspecified atom stereocenters. The van der Waals surface area contributed by atoms with E-state index in [2.05, 4.69) is 32.6 Å². The van der Waals surface area contributed by atoms with Crippen LogP contribution in [0.15, 0.2) is 18.7 Å². The highest BCUT2D eigenvalue weighted by molar-refractivity contribution is 5.56. The number of hydrogen-bond donors (Lipinski definition) is 2. The first-order valence-electron chi connectivity index (χ1n) is 6.47. The summed E-state index contributed by atoms with van der Waals surface area (Å²) in [5, 5.41) is 10.7. The fraction of sp³-hybridized carbons (Fsp3) is 0.462. The van der Waals surface area contributed by atoms with Gasteiger partial charge in [0.15, 0.2) is 0 Å². The Balaban J connectivity index is 1.94. The summed E-state index contributed by atoms with van der Waals surface area (Å²) >= 11 is 0. The Morgan fingerprint density at radius 2 is 1.95 bits per heavy atom. The van der Waals surface area contributed by atoms with Crippen LogP contribution in [-0.4, -0.2) is 32.8 Å². The van der Waals surface area contributed by atoms with E-state index >= 15 is 0 Å². The van der Waals surface area contributed by atoms with Crippen LogP contribution in [0.2, 0.25) is 0 Å². The van der Waals surface area contributed by atoms with E-state index in [4.69, 9.17) is 0 Å². The van der Waals surface area contributed by atoms with E-state index in [1.807, 2.05) is 31.0 Å². The highest BCUT2D eigenvalue weighted by Crippen LogP contribution is 2.17. The minimum absolute atomic E-state index is 0.828. The summed E-state index contributed by atoms with van der Waals surface area (Å²) in [5.41, 5.74) is 2.27. The zero-order valence-electron chi connectivity index (χ0n) is 11.6. The van der Waals surface area contributed by atoms with Gasteiger partial charge in [0.2, 0.25) is 0 Å². The summed E-state index contributed by atoms with van der Waals surface area (Å²) in [6.07, 6.45) is 6.42. The third-order valence-electron chi connectivity index (χ3n) is 2.89. The van der Waals surface area contributed by atoms with Crippen molar-refractivity contribution in [2.24, 2.45) is 7.05 Å². The zero-order chi connectivity index (χ0) is 13.7. The molecule has 6 nitrogen and oxygen atoms in total. The predicted molar refractivity (Wildman–Crippen MR) is 76.3 cm³/mol. The molecule has 0 saturated heterocycles. The largest absolute Gasteiger partial charge is 0.370 e. The van der Waals surface area contributed by atoms with E-state index < -0.39 is 0 Å². The molecule has 6 heteroatoms. The second-order valence-electron chi connectivity index (χ2n) is 4.43. The maximum atomic E-state index is 4.27. The van der Waals surface area contributed by atoms with Crippen molar-refractivity contribution < 1.29 is 0 Å². The van der Waals surface area contributed by atoms with Gasteiger partial charge in [-0.2, -0.15) is 5.10 Å². The smallest absolute Gasteiger partial charge is 0.134 e. The molecule has 2 aromatic rings. The minimum atomic E-state index is 0.828. The molecule has 2 aromatic heterocycles. The highest BCUT2D eigenvalue weighted by Gasteiger charge is 2.05. The van der Waals surface area contributed by atoms with Crippen molar-refractivity contribution in [2.75, 3.05) is 23.7 Å². The van der Waals surface area contributed by atoms with Crippen molar-refractivity contribution in [3.05, 3.63) is 29.8 Å². The lowest BCUT2D eigenvalue weighted by molar-refractivity contribution is 0.767. The molecule has 0 aromatic carbocycles. The number of aryl methyl sites for hydroxylation is 1. The van der Waals surface area contributed by atoms with Crippen molar-refractivity contribution in [3.63, 3.8) is 0 Å². The average Bonchev–Trinajstić information content (AvgIpc) is 2.80. The molecular formula is C13H20N6. The fourth-order valence-electron chi connectivity index (χ4n) is 1.90. The molecule has 0 atom stereocenters. The summed E-state index contributed by atoms with van der Waals surface area (Å²) in [6.45, 7) is 5.75. The van der Waals surface area contributed by atoms with Crippen LogP contribution in [0.4, 0.5) is 11.6 Å². The van der Waals surface area contributed by atoms with E-state index in [1.54, 1.807) is 6.33 Å². The van der Waals surface area contributed by atoms with Crippen LogP contribution in [0.5, 0.6) is 0 Å². The van der Waals surface area contributed by atoms with Gasteiger partial charge in [0.05, 0.1) is 6.20 Å². The van der Waals surface area contributed by atoms with Crippen LogP contribution in [0, 0.1) is 6.92 Å². The van der Waals surface area contributed by atoms with Crippen molar-refractivity contribution in [1.29, 1.82) is 0 Å². The van der Waals surface area contributed by atoms with E-state index in [0.29, 0.717) is 0 Å². The summed E-state index contributed by atoms with van der Waals surface area (Å²) < 4.78 is 1.81. The number of anilines is 2. The number of nitrogens with one attached hydrogen (secondary N) is 2. The molecule has 102 valence electrons. The Kier molecular flexibility index (Phi) is 4.33. The second kappa shape index (κ2) is 6.17. The lowest BCUT2D eigenvalue weighted by Gasteiger charge is -2.11. The predicted octanol–water partition coefficient (Wildman–Crippen LogP) is 1.60. The summed E-state index contributed by atoms with van der Waals surface area (Å²) in [7, 11) is 1.92. The molecule has 0 radical (unpaired) electrons. The molecule has 0 aliphatic heterocycles. The molecule has 0 fully saturated rings. The topological polar surface area (TPSA) is 67.7 Å². The van der Waals surface area contributed by atoms with Crippen molar-refractivity contribution in [1.82, 2.24) is 19.7 Å². The molecule has 2 N–H and O–H groups in total. The lowest BCUT2D eigenvalue weighted by Crippen LogP contribution is -2.10. The van der Waals surface area contributed by atoms with E-state index in [0.717, 1.165) is 36.7 Å². The van der Waals surface area contributed by atoms with Gasteiger partial charge in [0.25, 0.3) is 0 Å². The van der Waals surface area contributed by atoms with Crippen LogP contribution < -0.4 is 10.6 Å². The maximum Gasteiger partial charge on any atom is 0.134 e. The van der Waals surface area contributed by atoms with Crippen molar-refractivity contribution >= 4 is 11.6 Å². The Labute approximate surface area is 113 Å². The first-order valence-corrected chi connectivity index (χ1v) is 6.47. The van der Waals surface area contributed by atoms with Gasteiger partial charge in [-0.25, -0.2) is 9.97 Å². The van der Waals surface area contributed by atoms with Gasteiger partial charge in [0.1, 0.15) is 18.0 Å². The van der Waals surface area contributed by atoms with Crippen LogP contribution >= 0.6 is 0 Å². The summed E-state index contributed by atoms with van der Waals surface area (Å²) in [4.78, 5) is 8.50. The van der Waals surface area contributed by atoms with Gasteiger partial charge < -0.3 is 10.6 Å². The third-order valence-corrected chi connectivity index (χ3v) is 2.89. The Bertz CT molecular complexity index is 534. The van der Waals surface area contributed by atoms with E-state index in [9.17, 15) is 0 Å². The number of nitrogens with zero attached hydrogens (tertiary/aromatic N) is 4. The summed E-state index contributed by atoms with van der Waals surface area (Å²) in [6, 6.07) is 0. The minimum Gasteiger partial charge on any atom is -0.370 e. The van der Waals surface area contributed by atoms with Crippen LogP contribution in [-0.2, 0) is 13.5 Å². The summed E-state index contributed by atoms with van der Waals surface area (Å²) in [5.74, 6) is 1.77. The van der Waals surface area contributed by atoms with Crippen molar-refractivity contribution in [2.45, 2.75) is 20.3 Å². The molecule has 0 aliphatic carbocycles. The second-order valence-corrected chi connectivity index (χ2v) is 4.43. The first kappa shape index (κ1) is 13.3. The average molecular weight is 260 g/mol. The van der Waals surface area contributed by atoms with E-state index in [1.165, 1.54) is 5.56 Å². The molecule has 0 aliphatic rings. The Morgan fingerprint density at radius 1 is 1.21 bits per heavy atom. The van der Waals surface area contributed by atoms with Crippen LogP contribution in [0.25, 0.3) is 0 Å². The monoisotopic (exact) mass is 260 g/mol. The molecule has 0 amide bonds. The molecule has 19 heavy (non-hydrogen) atoms. The Morgan fingerprint density at radius 3 is 2.58 bits per heavy atom. The Hall–Kier alpha value is -2.11. The number of rotatable bonds is 6. The molecular weight excluding hydrogens is 240 g/mol. The van der Waals surface area contributed by atoms with Gasteiger partial charge in [-0.05, 0) is 25.8 Å². The molecule has 0 spiro atoms. The third kappa shape index (κ3) is 3.43. The zero-order valence-corrected chi connectivity index (χ0v) is 11.6. The number of hydrogen-bond acceptors (Lipinski definition) is 5. The lowest BCUT2D eigenvalue weighted by atomic mass is 10.2. The van der Waals surface area contributed by atoms with Crippen LogP contribution in [0.3, 0.4) is 0 Å². The van der Waals surface area contributed by atoms with Crippen LogP contribution in [0.1, 0.15) is 18.1 Å². The van der Waals surface area contributed by atoms with Gasteiger partial charge in [-0.3, -0.25) is 4.68 Å². The van der Waals surface area contributed by atoms with Gasteiger partial charge in [0, 0.05) is 31.9 Å². The van der Waals surface area contributed by atoms with Gasteiger partial charge in [-0.15, -0.1) is 0 Å². The fourth-order valence-corrected chi connectivity index (χ4v) is 1.90. The van der Waals surface area contributed by atoms with Crippen molar-refractivity contribution in [3.8, 4) is 0 Å². The quantitative estimate of drug-likeness (QED) is 0.826. The molecule has 0 bridgehead atoms. The number of aromatic nitrogens is 4. The van der Waals surface area contributed by atoms with Gasteiger partial charge in [-0.1, -0.05) is 0 Å². The molecule has 0 saturated carbocycles. The first-order chi connectivity index (χ1) is 9.20. The standard InChI is InChI=1S/C13H20N6/c1-4-14-12-10(2)13(17-9-16-12)15-6-5-11-7-18-19(3)8-11/h7-9H,4-6H2,1-3H3,(H2,14,15,16,17). The van der Waals surface area contributed by atoms with E-state index in [-0.39, 0.29) is 0 Å².